The number of alkyl carbamates (subject to hydrolysis) is 1. The fourth-order valence-electron chi connectivity index (χ4n) is 1.43. The minimum atomic E-state index is -0.309. The first-order chi connectivity index (χ1) is 7.33. The Morgan fingerprint density at radius 1 is 1.53 bits per heavy atom. The first-order valence-corrected chi connectivity index (χ1v) is 5.67. The molecule has 1 rings (SSSR count). The van der Waals surface area contributed by atoms with Crippen molar-refractivity contribution in [2.24, 2.45) is 0 Å². The van der Waals surface area contributed by atoms with Crippen LogP contribution in [-0.4, -0.2) is 44.9 Å². The van der Waals surface area contributed by atoms with Crippen LogP contribution in [0, 0.1) is 0 Å². The van der Waals surface area contributed by atoms with E-state index >= 15 is 0 Å². The Labute approximate surface area is 90.9 Å². The van der Waals surface area contributed by atoms with Gasteiger partial charge in [-0.3, -0.25) is 0 Å². The van der Waals surface area contributed by atoms with E-state index < -0.39 is 0 Å². The van der Waals surface area contributed by atoms with E-state index in [2.05, 4.69) is 22.9 Å². The molecule has 0 bridgehead atoms. The number of unbranched alkanes of at least 4 members (excludes halogenated alkanes) is 1. The maximum absolute atomic E-state index is 11.2. The molecule has 0 aromatic heterocycles. The molecule has 3 N–H and O–H groups in total. The maximum atomic E-state index is 11.2. The molecule has 5 nitrogen and oxygen atoms in total. The average molecular weight is 215 g/mol. The molecule has 1 unspecified atom stereocenters. The highest BCUT2D eigenvalue weighted by Crippen LogP contribution is 1.90. The van der Waals surface area contributed by atoms with E-state index in [4.69, 9.17) is 4.74 Å². The summed E-state index contributed by atoms with van der Waals surface area (Å²) in [5.74, 6) is 0. The van der Waals surface area contributed by atoms with Crippen LogP contribution in [0.25, 0.3) is 0 Å². The summed E-state index contributed by atoms with van der Waals surface area (Å²) in [5, 5.41) is 9.22. The number of nitrogens with one attached hydrogen (secondary N) is 3. The standard InChI is InChI=1S/C10H21N3O2/c1-2-3-4-13-10(14)15-8-9-7-11-5-6-12-9/h9,11-12H,2-8H2,1H3,(H,13,14). The van der Waals surface area contributed by atoms with Crippen LogP contribution in [-0.2, 0) is 4.74 Å². The lowest BCUT2D eigenvalue weighted by atomic mass is 10.2. The molecule has 88 valence electrons. The van der Waals surface area contributed by atoms with Gasteiger partial charge >= 0.3 is 6.09 Å². The van der Waals surface area contributed by atoms with E-state index in [-0.39, 0.29) is 12.1 Å². The largest absolute Gasteiger partial charge is 0.448 e. The quantitative estimate of drug-likeness (QED) is 0.568. The van der Waals surface area contributed by atoms with Crippen LogP contribution < -0.4 is 16.0 Å². The smallest absolute Gasteiger partial charge is 0.407 e. The van der Waals surface area contributed by atoms with Crippen molar-refractivity contribution in [3.63, 3.8) is 0 Å². The minimum Gasteiger partial charge on any atom is -0.448 e. The van der Waals surface area contributed by atoms with E-state index in [1.165, 1.54) is 0 Å². The first-order valence-electron chi connectivity index (χ1n) is 5.67. The summed E-state index contributed by atoms with van der Waals surface area (Å²) in [6.45, 7) is 6.01. The Kier molecular flexibility index (Phi) is 6.11. The lowest BCUT2D eigenvalue weighted by Gasteiger charge is -2.23. The predicted octanol–water partition coefficient (Wildman–Crippen LogP) is 0.0741. The fourth-order valence-corrected chi connectivity index (χ4v) is 1.43. The second-order valence-corrected chi connectivity index (χ2v) is 3.73. The molecular weight excluding hydrogens is 194 g/mol. The third-order valence-electron chi connectivity index (χ3n) is 2.34. The van der Waals surface area contributed by atoms with Crippen LogP contribution in [0.4, 0.5) is 4.79 Å². The first kappa shape index (κ1) is 12.3. The molecule has 1 amide bonds. The van der Waals surface area contributed by atoms with Gasteiger partial charge in [0.25, 0.3) is 0 Å². The molecule has 5 heteroatoms. The maximum Gasteiger partial charge on any atom is 0.407 e. The van der Waals surface area contributed by atoms with Gasteiger partial charge in [0.05, 0.1) is 6.04 Å². The van der Waals surface area contributed by atoms with E-state index in [0.717, 1.165) is 32.5 Å². The molecule has 1 aliphatic heterocycles. The molecular formula is C10H21N3O2. The summed E-state index contributed by atoms with van der Waals surface area (Å²) < 4.78 is 5.08. The van der Waals surface area contributed by atoms with Crippen molar-refractivity contribution in [2.45, 2.75) is 25.8 Å². The highest BCUT2D eigenvalue weighted by Gasteiger charge is 2.13. The van der Waals surface area contributed by atoms with E-state index in [1.54, 1.807) is 0 Å². The number of rotatable bonds is 5. The van der Waals surface area contributed by atoms with Crippen LogP contribution >= 0.6 is 0 Å². The van der Waals surface area contributed by atoms with Crippen molar-refractivity contribution in [3.8, 4) is 0 Å². The summed E-state index contributed by atoms with van der Waals surface area (Å²) in [5.41, 5.74) is 0. The van der Waals surface area contributed by atoms with Crippen molar-refractivity contribution >= 4 is 6.09 Å². The molecule has 0 radical (unpaired) electrons. The molecule has 0 spiro atoms. The van der Waals surface area contributed by atoms with Crippen LogP contribution in [0.2, 0.25) is 0 Å². The van der Waals surface area contributed by atoms with Gasteiger partial charge < -0.3 is 20.7 Å². The Morgan fingerprint density at radius 3 is 3.07 bits per heavy atom. The number of carbonyl (C=O) groups excluding carboxylic acids is 1. The fraction of sp³-hybridized carbons (Fsp3) is 0.900. The van der Waals surface area contributed by atoms with Crippen molar-refractivity contribution in [1.82, 2.24) is 16.0 Å². The third kappa shape index (κ3) is 5.59. The van der Waals surface area contributed by atoms with Gasteiger partial charge in [0.15, 0.2) is 0 Å². The van der Waals surface area contributed by atoms with Crippen LogP contribution in [0.3, 0.4) is 0 Å². The van der Waals surface area contributed by atoms with Gasteiger partial charge in [-0.25, -0.2) is 4.79 Å². The number of amides is 1. The molecule has 0 aromatic rings. The van der Waals surface area contributed by atoms with Crippen molar-refractivity contribution in [2.75, 3.05) is 32.8 Å². The number of piperazine rings is 1. The Hall–Kier alpha value is -0.810. The van der Waals surface area contributed by atoms with Gasteiger partial charge in [0.2, 0.25) is 0 Å². The monoisotopic (exact) mass is 215 g/mol. The number of hydrogen-bond donors (Lipinski definition) is 3. The van der Waals surface area contributed by atoms with Gasteiger partial charge in [0, 0.05) is 26.2 Å². The van der Waals surface area contributed by atoms with Gasteiger partial charge in [-0.15, -0.1) is 0 Å². The Morgan fingerprint density at radius 2 is 2.40 bits per heavy atom. The topological polar surface area (TPSA) is 62.4 Å². The van der Waals surface area contributed by atoms with Gasteiger partial charge in [0.1, 0.15) is 6.61 Å². The average Bonchev–Trinajstić information content (AvgIpc) is 2.28. The SMILES string of the molecule is CCCCNC(=O)OCC1CNCCN1. The molecule has 0 aromatic carbocycles. The van der Waals surface area contributed by atoms with Crippen LogP contribution in [0.1, 0.15) is 19.8 Å². The van der Waals surface area contributed by atoms with Crippen molar-refractivity contribution in [3.05, 3.63) is 0 Å². The molecule has 1 heterocycles. The molecule has 1 fully saturated rings. The highest BCUT2D eigenvalue weighted by molar-refractivity contribution is 5.67. The van der Waals surface area contributed by atoms with Gasteiger partial charge in [-0.2, -0.15) is 0 Å². The van der Waals surface area contributed by atoms with Gasteiger partial charge in [-0.05, 0) is 6.42 Å². The van der Waals surface area contributed by atoms with Crippen LogP contribution in [0.5, 0.6) is 0 Å². The van der Waals surface area contributed by atoms with E-state index in [9.17, 15) is 4.79 Å². The van der Waals surface area contributed by atoms with Gasteiger partial charge in [-0.1, -0.05) is 13.3 Å². The zero-order valence-electron chi connectivity index (χ0n) is 9.34. The Balaban J connectivity index is 2.00. The molecule has 1 saturated heterocycles. The van der Waals surface area contributed by atoms with Crippen LogP contribution in [0.15, 0.2) is 0 Å². The minimum absolute atomic E-state index is 0.246. The second-order valence-electron chi connectivity index (χ2n) is 3.73. The Bertz CT molecular complexity index is 182. The normalized spacial score (nSPS) is 21.0. The second kappa shape index (κ2) is 7.48. The molecule has 0 saturated carbocycles. The summed E-state index contributed by atoms with van der Waals surface area (Å²) in [4.78, 5) is 11.2. The molecule has 0 aliphatic carbocycles. The van der Waals surface area contributed by atoms with Crippen molar-refractivity contribution in [1.29, 1.82) is 0 Å². The summed E-state index contributed by atoms with van der Waals surface area (Å²) in [6.07, 6.45) is 1.77. The molecule has 15 heavy (non-hydrogen) atoms. The predicted molar refractivity (Wildman–Crippen MR) is 58.9 cm³/mol. The third-order valence-corrected chi connectivity index (χ3v) is 2.34. The zero-order chi connectivity index (χ0) is 10.9. The van der Waals surface area contributed by atoms with E-state index in [0.29, 0.717) is 13.2 Å². The lowest BCUT2D eigenvalue weighted by Crippen LogP contribution is -2.51. The van der Waals surface area contributed by atoms with E-state index in [1.807, 2.05) is 0 Å². The lowest BCUT2D eigenvalue weighted by molar-refractivity contribution is 0.130. The highest BCUT2D eigenvalue weighted by atomic mass is 16.5. The number of ether oxygens (including phenoxy) is 1. The number of hydrogen-bond acceptors (Lipinski definition) is 4. The van der Waals surface area contributed by atoms with Crippen molar-refractivity contribution < 1.29 is 9.53 Å². The summed E-state index contributed by atoms with van der Waals surface area (Å²) in [7, 11) is 0. The molecule has 1 aliphatic rings. The molecule has 1 atom stereocenters. The summed E-state index contributed by atoms with van der Waals surface area (Å²) in [6, 6.07) is 0.246. The summed E-state index contributed by atoms with van der Waals surface area (Å²) >= 11 is 0. The number of carbonyl (C=O) groups is 1. The zero-order valence-corrected chi connectivity index (χ0v) is 9.34.